The maximum absolute atomic E-state index is 12.1. The quantitative estimate of drug-likeness (QED) is 0.883. The van der Waals surface area contributed by atoms with Crippen molar-refractivity contribution in [3.63, 3.8) is 0 Å². The number of carbonyl (C=O) groups is 1. The van der Waals surface area contributed by atoms with E-state index >= 15 is 0 Å². The molecular formula is C14H12ClNO2S. The van der Waals surface area contributed by atoms with Gasteiger partial charge in [-0.05, 0) is 43.0 Å². The largest absolute Gasteiger partial charge is 0.506 e. The zero-order chi connectivity index (χ0) is 13.4. The van der Waals surface area contributed by atoms with Gasteiger partial charge in [-0.15, -0.1) is 11.3 Å². The monoisotopic (exact) mass is 293 g/mol. The summed E-state index contributed by atoms with van der Waals surface area (Å²) >= 11 is 7.28. The number of hydrogen-bond donors (Lipinski definition) is 2. The molecule has 0 fully saturated rings. The summed E-state index contributed by atoms with van der Waals surface area (Å²) in [4.78, 5) is 14.1. The van der Waals surface area contributed by atoms with Crippen molar-refractivity contribution < 1.29 is 9.90 Å². The fourth-order valence-electron chi connectivity index (χ4n) is 2.22. The Bertz CT molecular complexity index is 629. The lowest BCUT2D eigenvalue weighted by Gasteiger charge is -2.05. The molecule has 1 amide bonds. The minimum Gasteiger partial charge on any atom is -0.506 e. The van der Waals surface area contributed by atoms with Crippen LogP contribution in [0, 0.1) is 0 Å². The number of thiophene rings is 1. The van der Waals surface area contributed by atoms with Gasteiger partial charge in [0, 0.05) is 16.6 Å². The lowest BCUT2D eigenvalue weighted by molar-refractivity contribution is 0.103. The van der Waals surface area contributed by atoms with Crippen molar-refractivity contribution in [1.82, 2.24) is 0 Å². The molecule has 0 aliphatic heterocycles. The highest BCUT2D eigenvalue weighted by molar-refractivity contribution is 7.14. The number of rotatable bonds is 2. The van der Waals surface area contributed by atoms with Crippen LogP contribution in [0.25, 0.3) is 0 Å². The second kappa shape index (κ2) is 4.87. The maximum Gasteiger partial charge on any atom is 0.265 e. The van der Waals surface area contributed by atoms with Crippen molar-refractivity contribution in [2.75, 3.05) is 5.32 Å². The Kier molecular flexibility index (Phi) is 3.21. The van der Waals surface area contributed by atoms with E-state index in [0.717, 1.165) is 17.7 Å². The van der Waals surface area contributed by atoms with E-state index < -0.39 is 0 Å². The molecule has 1 aromatic carbocycles. The van der Waals surface area contributed by atoms with Crippen LogP contribution in [0.2, 0.25) is 5.02 Å². The molecule has 0 atom stereocenters. The third-order valence-electron chi connectivity index (χ3n) is 3.17. The Morgan fingerprint density at radius 3 is 2.89 bits per heavy atom. The van der Waals surface area contributed by atoms with Crippen LogP contribution in [0.15, 0.2) is 24.3 Å². The molecular weight excluding hydrogens is 282 g/mol. The van der Waals surface area contributed by atoms with E-state index in [4.69, 9.17) is 11.6 Å². The Hall–Kier alpha value is -1.52. The number of nitrogens with one attached hydrogen (secondary N) is 1. The van der Waals surface area contributed by atoms with Crippen molar-refractivity contribution in [3.8, 4) is 5.75 Å². The van der Waals surface area contributed by atoms with Crippen LogP contribution in [-0.4, -0.2) is 11.0 Å². The molecule has 0 bridgehead atoms. The number of hydrogen-bond acceptors (Lipinski definition) is 3. The van der Waals surface area contributed by atoms with Crippen molar-refractivity contribution >= 4 is 34.5 Å². The highest BCUT2D eigenvalue weighted by atomic mass is 35.5. The highest BCUT2D eigenvalue weighted by Crippen LogP contribution is 2.31. The average molecular weight is 294 g/mol. The summed E-state index contributed by atoms with van der Waals surface area (Å²) in [6.45, 7) is 0. The standard InChI is InChI=1S/C14H12ClNO2S/c15-10-5-4-9(7-11(10)17)16-14(18)13-6-8-2-1-3-12(8)19-13/h4-7,17H,1-3H2,(H,16,18). The smallest absolute Gasteiger partial charge is 0.265 e. The van der Waals surface area contributed by atoms with Crippen molar-refractivity contribution in [2.24, 2.45) is 0 Å². The van der Waals surface area contributed by atoms with Gasteiger partial charge in [0.25, 0.3) is 5.91 Å². The van der Waals surface area contributed by atoms with Gasteiger partial charge in [-0.1, -0.05) is 11.6 Å². The number of carbonyl (C=O) groups excluding carboxylic acids is 1. The molecule has 1 aromatic heterocycles. The number of benzene rings is 1. The van der Waals surface area contributed by atoms with E-state index in [1.165, 1.54) is 22.9 Å². The van der Waals surface area contributed by atoms with E-state index in [2.05, 4.69) is 5.32 Å². The summed E-state index contributed by atoms with van der Waals surface area (Å²) in [6.07, 6.45) is 3.34. The summed E-state index contributed by atoms with van der Waals surface area (Å²) < 4.78 is 0. The predicted octanol–water partition coefficient (Wildman–Crippen LogP) is 3.85. The van der Waals surface area contributed by atoms with Gasteiger partial charge < -0.3 is 10.4 Å². The predicted molar refractivity (Wildman–Crippen MR) is 77.4 cm³/mol. The molecule has 19 heavy (non-hydrogen) atoms. The number of anilines is 1. The summed E-state index contributed by atoms with van der Waals surface area (Å²) in [7, 11) is 0. The Morgan fingerprint density at radius 1 is 1.32 bits per heavy atom. The number of halogens is 1. The second-order valence-electron chi connectivity index (χ2n) is 4.53. The lowest BCUT2D eigenvalue weighted by Crippen LogP contribution is -2.10. The van der Waals surface area contributed by atoms with Crippen molar-refractivity contribution in [2.45, 2.75) is 19.3 Å². The molecule has 0 unspecified atom stereocenters. The molecule has 0 spiro atoms. The van der Waals surface area contributed by atoms with Crippen LogP contribution in [-0.2, 0) is 12.8 Å². The fraction of sp³-hybridized carbons (Fsp3) is 0.214. The molecule has 0 saturated carbocycles. The molecule has 1 aliphatic carbocycles. The topological polar surface area (TPSA) is 49.3 Å². The summed E-state index contributed by atoms with van der Waals surface area (Å²) in [5.74, 6) is -0.172. The van der Waals surface area contributed by atoms with Gasteiger partial charge in [0.15, 0.2) is 0 Å². The van der Waals surface area contributed by atoms with Crippen LogP contribution in [0.4, 0.5) is 5.69 Å². The molecule has 5 heteroatoms. The number of aromatic hydroxyl groups is 1. The molecule has 2 aromatic rings. The van der Waals surface area contributed by atoms with Gasteiger partial charge >= 0.3 is 0 Å². The zero-order valence-corrected chi connectivity index (χ0v) is 11.6. The van der Waals surface area contributed by atoms with Crippen LogP contribution in [0.1, 0.15) is 26.5 Å². The molecule has 1 heterocycles. The van der Waals surface area contributed by atoms with Gasteiger partial charge in [-0.2, -0.15) is 0 Å². The van der Waals surface area contributed by atoms with E-state index in [1.54, 1.807) is 23.5 Å². The Morgan fingerprint density at radius 2 is 2.16 bits per heavy atom. The van der Waals surface area contributed by atoms with Gasteiger partial charge in [0.2, 0.25) is 0 Å². The minimum absolute atomic E-state index is 0.0341. The van der Waals surface area contributed by atoms with Crippen LogP contribution < -0.4 is 5.32 Å². The molecule has 3 rings (SSSR count). The van der Waals surface area contributed by atoms with Crippen LogP contribution in [0.3, 0.4) is 0 Å². The Labute approximate surface area is 119 Å². The molecule has 0 saturated heterocycles. The first-order valence-corrected chi connectivity index (χ1v) is 7.24. The van der Waals surface area contributed by atoms with E-state index in [-0.39, 0.29) is 16.7 Å². The van der Waals surface area contributed by atoms with Crippen LogP contribution >= 0.6 is 22.9 Å². The number of aryl methyl sites for hydroxylation is 2. The molecule has 3 nitrogen and oxygen atoms in total. The SMILES string of the molecule is O=C(Nc1ccc(Cl)c(O)c1)c1cc2c(s1)CCC2. The summed E-state index contributed by atoms with van der Waals surface area (Å²) in [6, 6.07) is 6.64. The maximum atomic E-state index is 12.1. The normalized spacial score (nSPS) is 13.3. The van der Waals surface area contributed by atoms with Gasteiger partial charge in [0.1, 0.15) is 5.75 Å². The highest BCUT2D eigenvalue weighted by Gasteiger charge is 2.18. The molecule has 1 aliphatic rings. The van der Waals surface area contributed by atoms with Gasteiger partial charge in [-0.3, -0.25) is 4.79 Å². The first kappa shape index (κ1) is 12.5. The first-order chi connectivity index (χ1) is 9.13. The van der Waals surface area contributed by atoms with Crippen molar-refractivity contribution in [3.05, 3.63) is 44.6 Å². The second-order valence-corrected chi connectivity index (χ2v) is 6.08. The average Bonchev–Trinajstić information content (AvgIpc) is 2.94. The van der Waals surface area contributed by atoms with E-state index in [0.29, 0.717) is 5.69 Å². The van der Waals surface area contributed by atoms with Crippen molar-refractivity contribution in [1.29, 1.82) is 0 Å². The summed E-state index contributed by atoms with van der Waals surface area (Å²) in [5.41, 5.74) is 1.84. The van der Waals surface area contributed by atoms with Gasteiger partial charge in [-0.25, -0.2) is 0 Å². The van der Waals surface area contributed by atoms with Gasteiger partial charge in [0.05, 0.1) is 9.90 Å². The van der Waals surface area contributed by atoms with Crippen LogP contribution in [0.5, 0.6) is 5.75 Å². The fourth-order valence-corrected chi connectivity index (χ4v) is 3.49. The first-order valence-electron chi connectivity index (χ1n) is 6.05. The van der Waals surface area contributed by atoms with E-state index in [9.17, 15) is 9.90 Å². The Balaban J connectivity index is 1.78. The zero-order valence-electron chi connectivity index (χ0n) is 10.1. The third kappa shape index (κ3) is 2.46. The number of amides is 1. The minimum atomic E-state index is -0.138. The number of phenolic OH excluding ortho intramolecular Hbond substituents is 1. The van der Waals surface area contributed by atoms with E-state index in [1.807, 2.05) is 6.07 Å². The summed E-state index contributed by atoms with van der Waals surface area (Å²) in [5, 5.41) is 12.5. The number of phenols is 1. The molecule has 2 N–H and O–H groups in total. The molecule has 0 radical (unpaired) electrons. The molecule has 98 valence electrons. The lowest BCUT2D eigenvalue weighted by atomic mass is 10.2. The third-order valence-corrected chi connectivity index (χ3v) is 4.73. The number of fused-ring (bicyclic) bond motifs is 1.